The Kier molecular flexibility index (Phi) is 2.64. The van der Waals surface area contributed by atoms with Crippen LogP contribution in [0.5, 0.6) is 0 Å². The van der Waals surface area contributed by atoms with Gasteiger partial charge < -0.3 is 0 Å². The highest BCUT2D eigenvalue weighted by atomic mass is 32.1. The first-order valence-electron chi connectivity index (χ1n) is 6.48. The van der Waals surface area contributed by atoms with E-state index >= 15 is 0 Å². The van der Waals surface area contributed by atoms with Gasteiger partial charge in [0.25, 0.3) is 0 Å². The van der Waals surface area contributed by atoms with Crippen LogP contribution in [0.3, 0.4) is 0 Å². The molecule has 0 aliphatic rings. The predicted molar refractivity (Wildman–Crippen MR) is 84.4 cm³/mol. The average Bonchev–Trinajstić information content (AvgIpc) is 3.14. The molecule has 2 aromatic heterocycles. The van der Waals surface area contributed by atoms with Crippen molar-refractivity contribution in [2.75, 3.05) is 0 Å². The normalized spacial score (nSPS) is 11.0. The van der Waals surface area contributed by atoms with Crippen molar-refractivity contribution >= 4 is 22.4 Å². The molecule has 2 aromatic carbocycles. The van der Waals surface area contributed by atoms with E-state index < -0.39 is 0 Å². The van der Waals surface area contributed by atoms with Gasteiger partial charge in [-0.2, -0.15) is 0 Å². The first-order chi connectivity index (χ1) is 9.92. The summed E-state index contributed by atoms with van der Waals surface area (Å²) in [7, 11) is 0. The fourth-order valence-corrected chi connectivity index (χ4v) is 3.27. The summed E-state index contributed by atoms with van der Waals surface area (Å²) >= 11 is 1.74. The second-order valence-electron chi connectivity index (χ2n) is 4.64. The molecule has 0 unspecified atom stereocenters. The Morgan fingerprint density at radius 3 is 2.55 bits per heavy atom. The predicted octanol–water partition coefficient (Wildman–Crippen LogP) is 4.75. The fourth-order valence-electron chi connectivity index (χ4n) is 2.37. The van der Waals surface area contributed by atoms with Crippen LogP contribution in [0.1, 0.15) is 0 Å². The van der Waals surface area contributed by atoms with E-state index in [9.17, 15) is 0 Å². The van der Waals surface area contributed by atoms with Crippen LogP contribution >= 0.6 is 11.3 Å². The summed E-state index contributed by atoms with van der Waals surface area (Å²) in [5, 5.41) is 3.39. The number of rotatable bonds is 2. The van der Waals surface area contributed by atoms with E-state index in [0.29, 0.717) is 0 Å². The van der Waals surface area contributed by atoms with Gasteiger partial charge in [0.05, 0.1) is 11.0 Å². The summed E-state index contributed by atoms with van der Waals surface area (Å²) in [5.74, 6) is 0. The van der Waals surface area contributed by atoms with Gasteiger partial charge in [0, 0.05) is 5.38 Å². The Bertz CT molecular complexity index is 859. The smallest absolute Gasteiger partial charge is 0.101 e. The second kappa shape index (κ2) is 4.62. The van der Waals surface area contributed by atoms with Crippen LogP contribution in [0.25, 0.3) is 27.2 Å². The molecule has 0 fully saturated rings. The Morgan fingerprint density at radius 2 is 1.65 bits per heavy atom. The third-order valence-corrected chi connectivity index (χ3v) is 4.31. The molecule has 0 saturated carbocycles. The van der Waals surface area contributed by atoms with E-state index in [1.54, 1.807) is 11.3 Å². The first kappa shape index (κ1) is 11.4. The summed E-state index contributed by atoms with van der Waals surface area (Å²) in [4.78, 5) is 4.45. The van der Waals surface area contributed by atoms with Crippen molar-refractivity contribution < 1.29 is 0 Å². The zero-order valence-electron chi connectivity index (χ0n) is 10.7. The van der Waals surface area contributed by atoms with E-state index in [1.807, 2.05) is 30.6 Å². The van der Waals surface area contributed by atoms with Crippen LogP contribution in [-0.4, -0.2) is 9.55 Å². The third-order valence-electron chi connectivity index (χ3n) is 3.38. The van der Waals surface area contributed by atoms with Gasteiger partial charge >= 0.3 is 0 Å². The molecule has 0 bridgehead atoms. The summed E-state index contributed by atoms with van der Waals surface area (Å²) < 4.78 is 2.15. The Hall–Kier alpha value is -2.39. The fraction of sp³-hybridized carbons (Fsp3) is 0. The zero-order chi connectivity index (χ0) is 13.4. The minimum atomic E-state index is 1.03. The lowest BCUT2D eigenvalue weighted by Crippen LogP contribution is -1.86. The van der Waals surface area contributed by atoms with E-state index in [0.717, 1.165) is 11.0 Å². The largest absolute Gasteiger partial charge is 0.290 e. The summed E-state index contributed by atoms with van der Waals surface area (Å²) in [6, 6.07) is 20.9. The molecule has 2 heterocycles. The molecular formula is C17H12N2S. The number of benzene rings is 2. The number of thiophene rings is 1. The highest BCUT2D eigenvalue weighted by Gasteiger charge is 2.07. The molecule has 0 spiro atoms. The first-order valence-corrected chi connectivity index (χ1v) is 7.36. The van der Waals surface area contributed by atoms with Crippen molar-refractivity contribution in [3.63, 3.8) is 0 Å². The van der Waals surface area contributed by atoms with Crippen LogP contribution in [-0.2, 0) is 0 Å². The van der Waals surface area contributed by atoms with Gasteiger partial charge in [-0.25, -0.2) is 4.98 Å². The molecule has 4 rings (SSSR count). The molecular weight excluding hydrogens is 264 g/mol. The number of para-hydroxylation sites is 2. The van der Waals surface area contributed by atoms with Crippen molar-refractivity contribution in [1.82, 2.24) is 9.55 Å². The zero-order valence-corrected chi connectivity index (χ0v) is 11.5. The molecule has 2 nitrogen and oxygen atoms in total. The number of aromatic nitrogens is 2. The number of hydrogen-bond donors (Lipinski definition) is 0. The number of nitrogens with zero attached hydrogens (tertiary/aromatic N) is 2. The molecule has 0 aliphatic carbocycles. The summed E-state index contributed by atoms with van der Waals surface area (Å²) in [6.07, 6.45) is 1.89. The molecule has 96 valence electrons. The summed E-state index contributed by atoms with van der Waals surface area (Å²) in [5.41, 5.74) is 4.68. The average molecular weight is 276 g/mol. The third kappa shape index (κ3) is 1.84. The lowest BCUT2D eigenvalue weighted by Gasteiger charge is -1.99. The van der Waals surface area contributed by atoms with Gasteiger partial charge in [0.15, 0.2) is 0 Å². The van der Waals surface area contributed by atoms with Crippen molar-refractivity contribution in [2.45, 2.75) is 0 Å². The van der Waals surface area contributed by atoms with Gasteiger partial charge in [-0.15, -0.1) is 11.3 Å². The van der Waals surface area contributed by atoms with Crippen molar-refractivity contribution in [1.29, 1.82) is 0 Å². The molecule has 0 N–H and O–H groups in total. The maximum absolute atomic E-state index is 4.45. The lowest BCUT2D eigenvalue weighted by molar-refractivity contribution is 1.12. The Balaban J connectivity index is 1.82. The van der Waals surface area contributed by atoms with Gasteiger partial charge in [-0.3, -0.25) is 4.57 Å². The molecule has 0 aliphatic heterocycles. The Morgan fingerprint density at radius 1 is 0.850 bits per heavy atom. The molecule has 4 aromatic rings. The Labute approximate surface area is 121 Å². The van der Waals surface area contributed by atoms with E-state index in [2.05, 4.69) is 51.3 Å². The molecule has 0 amide bonds. The van der Waals surface area contributed by atoms with Gasteiger partial charge in [-0.1, -0.05) is 42.5 Å². The van der Waals surface area contributed by atoms with E-state index in [1.165, 1.54) is 16.1 Å². The van der Waals surface area contributed by atoms with Crippen molar-refractivity contribution in [3.05, 3.63) is 72.4 Å². The van der Waals surface area contributed by atoms with Crippen LogP contribution in [0, 0.1) is 0 Å². The maximum Gasteiger partial charge on any atom is 0.101 e. The van der Waals surface area contributed by atoms with Crippen LogP contribution < -0.4 is 0 Å². The quantitative estimate of drug-likeness (QED) is 0.516. The van der Waals surface area contributed by atoms with E-state index in [-0.39, 0.29) is 0 Å². The standard InChI is InChI=1S/C17H12N2S/c1-2-6-13(7-3-1)14-10-17(20-11-14)19-12-18-15-8-4-5-9-16(15)19/h1-12H. The monoisotopic (exact) mass is 276 g/mol. The minimum absolute atomic E-state index is 1.03. The van der Waals surface area contributed by atoms with Gasteiger partial charge in [0.2, 0.25) is 0 Å². The summed E-state index contributed by atoms with van der Waals surface area (Å²) in [6.45, 7) is 0. The lowest BCUT2D eigenvalue weighted by atomic mass is 10.1. The SMILES string of the molecule is c1ccc(-c2csc(-n3cnc4ccccc43)c2)cc1. The van der Waals surface area contributed by atoms with Gasteiger partial charge in [-0.05, 0) is 29.3 Å². The van der Waals surface area contributed by atoms with Crippen molar-refractivity contribution in [3.8, 4) is 16.1 Å². The number of imidazole rings is 1. The number of hydrogen-bond acceptors (Lipinski definition) is 2. The molecule has 0 atom stereocenters. The highest BCUT2D eigenvalue weighted by Crippen LogP contribution is 2.29. The molecule has 20 heavy (non-hydrogen) atoms. The molecule has 0 radical (unpaired) electrons. The number of fused-ring (bicyclic) bond motifs is 1. The van der Waals surface area contributed by atoms with Crippen LogP contribution in [0.15, 0.2) is 72.4 Å². The molecule has 0 saturated heterocycles. The highest BCUT2D eigenvalue weighted by molar-refractivity contribution is 7.13. The van der Waals surface area contributed by atoms with Crippen molar-refractivity contribution in [2.24, 2.45) is 0 Å². The molecule has 3 heteroatoms. The van der Waals surface area contributed by atoms with E-state index in [4.69, 9.17) is 0 Å². The van der Waals surface area contributed by atoms with Crippen LogP contribution in [0.2, 0.25) is 0 Å². The van der Waals surface area contributed by atoms with Gasteiger partial charge in [0.1, 0.15) is 11.3 Å². The second-order valence-corrected chi connectivity index (χ2v) is 5.53. The maximum atomic E-state index is 4.45. The topological polar surface area (TPSA) is 17.8 Å². The minimum Gasteiger partial charge on any atom is -0.290 e. The van der Waals surface area contributed by atoms with Crippen LogP contribution in [0.4, 0.5) is 0 Å².